The first-order valence-electron chi connectivity index (χ1n) is 8.73. The van der Waals surface area contributed by atoms with Gasteiger partial charge in [-0.1, -0.05) is 13.0 Å². The molecule has 27 heavy (non-hydrogen) atoms. The Bertz CT molecular complexity index is 696. The second kappa shape index (κ2) is 13.0. The molecule has 1 rings (SSSR count). The number of ether oxygens (including phenoxy) is 2. The number of hydrogen-bond acceptors (Lipinski definition) is 5. The van der Waals surface area contributed by atoms with E-state index >= 15 is 0 Å². The van der Waals surface area contributed by atoms with E-state index in [9.17, 15) is 8.42 Å². The van der Waals surface area contributed by atoms with E-state index in [1.54, 1.807) is 14.2 Å². The van der Waals surface area contributed by atoms with Crippen molar-refractivity contribution >= 4 is 39.8 Å². The van der Waals surface area contributed by atoms with E-state index in [0.29, 0.717) is 31.3 Å². The first-order valence-corrected chi connectivity index (χ1v) is 10.8. The van der Waals surface area contributed by atoms with Crippen molar-refractivity contribution in [3.8, 4) is 11.5 Å². The predicted octanol–water partition coefficient (Wildman–Crippen LogP) is 2.59. The summed E-state index contributed by atoms with van der Waals surface area (Å²) in [6.07, 6.45) is 2.71. The molecule has 7 nitrogen and oxygen atoms in total. The van der Waals surface area contributed by atoms with Crippen molar-refractivity contribution in [2.45, 2.75) is 39.3 Å². The molecule has 0 saturated heterocycles. The van der Waals surface area contributed by atoms with E-state index in [2.05, 4.69) is 22.5 Å². The third-order valence-electron chi connectivity index (χ3n) is 3.68. The summed E-state index contributed by atoms with van der Waals surface area (Å²) in [6.45, 7) is 5.19. The van der Waals surface area contributed by atoms with Gasteiger partial charge in [-0.3, -0.25) is 4.99 Å². The van der Waals surface area contributed by atoms with Gasteiger partial charge in [-0.25, -0.2) is 8.42 Å². The third-order valence-corrected chi connectivity index (χ3v) is 4.66. The van der Waals surface area contributed by atoms with Gasteiger partial charge in [0.05, 0.1) is 19.5 Å². The number of aliphatic imine (C=N–C) groups is 1. The molecule has 0 radical (unpaired) electrons. The van der Waals surface area contributed by atoms with E-state index in [1.807, 2.05) is 25.1 Å². The quantitative estimate of drug-likeness (QED) is 0.284. The van der Waals surface area contributed by atoms with Gasteiger partial charge in [-0.2, -0.15) is 0 Å². The number of sulfone groups is 1. The fourth-order valence-corrected chi connectivity index (χ4v) is 3.01. The maximum absolute atomic E-state index is 11.3. The van der Waals surface area contributed by atoms with Crippen molar-refractivity contribution in [2.75, 3.05) is 32.8 Å². The normalized spacial score (nSPS) is 12.7. The zero-order valence-corrected chi connectivity index (χ0v) is 19.9. The lowest BCUT2D eigenvalue weighted by molar-refractivity contribution is 0.294. The van der Waals surface area contributed by atoms with Gasteiger partial charge >= 0.3 is 0 Å². The minimum atomic E-state index is -2.96. The Labute approximate surface area is 180 Å². The van der Waals surface area contributed by atoms with Crippen LogP contribution in [0.5, 0.6) is 11.5 Å². The molecule has 0 aromatic heterocycles. The Balaban J connectivity index is 0.00000676. The summed E-state index contributed by atoms with van der Waals surface area (Å²) < 4.78 is 33.6. The maximum Gasteiger partial charge on any atom is 0.191 e. The second-order valence-corrected chi connectivity index (χ2v) is 8.48. The summed E-state index contributed by atoms with van der Waals surface area (Å²) in [6, 6.07) is 5.80. The van der Waals surface area contributed by atoms with Gasteiger partial charge in [-0.15, -0.1) is 24.0 Å². The van der Waals surface area contributed by atoms with Crippen LogP contribution in [0.15, 0.2) is 23.2 Å². The molecule has 9 heteroatoms. The summed E-state index contributed by atoms with van der Waals surface area (Å²) in [4.78, 5) is 4.18. The van der Waals surface area contributed by atoms with Crippen molar-refractivity contribution in [2.24, 2.45) is 4.99 Å². The number of rotatable bonds is 10. The minimum Gasteiger partial charge on any atom is -0.493 e. The van der Waals surface area contributed by atoms with Gasteiger partial charge in [0, 0.05) is 25.9 Å². The number of methoxy groups -OCH3 is 1. The molecular formula is C18H32IN3O4S. The average molecular weight is 513 g/mol. The Hall–Kier alpha value is -1.23. The van der Waals surface area contributed by atoms with Crippen molar-refractivity contribution < 1.29 is 17.9 Å². The van der Waals surface area contributed by atoms with Crippen molar-refractivity contribution in [1.29, 1.82) is 0 Å². The highest BCUT2D eigenvalue weighted by atomic mass is 127. The van der Waals surface area contributed by atoms with E-state index in [4.69, 9.17) is 9.47 Å². The van der Waals surface area contributed by atoms with Gasteiger partial charge in [-0.05, 0) is 37.5 Å². The maximum atomic E-state index is 11.3. The lowest BCUT2D eigenvalue weighted by atomic mass is 10.2. The van der Waals surface area contributed by atoms with Crippen molar-refractivity contribution in [3.63, 3.8) is 0 Å². The van der Waals surface area contributed by atoms with Crippen LogP contribution < -0.4 is 20.1 Å². The highest BCUT2D eigenvalue weighted by molar-refractivity contribution is 14.0. The number of benzene rings is 1. The number of hydrogen-bond donors (Lipinski definition) is 2. The largest absolute Gasteiger partial charge is 0.493 e. The highest BCUT2D eigenvalue weighted by Gasteiger charge is 2.10. The number of halogens is 1. The van der Waals surface area contributed by atoms with Crippen LogP contribution in [0.25, 0.3) is 0 Å². The molecule has 1 unspecified atom stereocenters. The summed E-state index contributed by atoms with van der Waals surface area (Å²) in [5.41, 5.74) is 1.03. The Kier molecular flexibility index (Phi) is 12.4. The third kappa shape index (κ3) is 10.6. The van der Waals surface area contributed by atoms with Gasteiger partial charge in [0.25, 0.3) is 0 Å². The Morgan fingerprint density at radius 1 is 1.30 bits per heavy atom. The van der Waals surface area contributed by atoms with Gasteiger partial charge < -0.3 is 20.1 Å². The SMILES string of the molecule is CCCOc1ccc(CNC(=NC)NC(C)CCS(C)(=O)=O)cc1OC.I. The standard InChI is InChI=1S/C18H31N3O4S.HI/c1-6-10-25-16-8-7-15(12-17(16)24-4)13-20-18(19-3)21-14(2)9-11-26(5,22)23;/h7-8,12,14H,6,9-11,13H2,1-5H3,(H2,19,20,21);1H. The van der Waals surface area contributed by atoms with Gasteiger partial charge in [0.1, 0.15) is 9.84 Å². The summed E-state index contributed by atoms with van der Waals surface area (Å²) >= 11 is 0. The molecule has 1 atom stereocenters. The zero-order chi connectivity index (χ0) is 19.6. The minimum absolute atomic E-state index is 0. The van der Waals surface area contributed by atoms with Crippen LogP contribution in [0.4, 0.5) is 0 Å². The second-order valence-electron chi connectivity index (χ2n) is 6.22. The molecule has 0 aliphatic rings. The number of guanidine groups is 1. The number of nitrogens with one attached hydrogen (secondary N) is 2. The predicted molar refractivity (Wildman–Crippen MR) is 121 cm³/mol. The van der Waals surface area contributed by atoms with Crippen molar-refractivity contribution in [1.82, 2.24) is 10.6 Å². The summed E-state index contributed by atoms with van der Waals surface area (Å²) in [7, 11) is 0.340. The molecule has 156 valence electrons. The van der Waals surface area contributed by atoms with Gasteiger partial charge in [0.2, 0.25) is 0 Å². The molecular weight excluding hydrogens is 481 g/mol. The molecule has 1 aromatic carbocycles. The van der Waals surface area contributed by atoms with Crippen LogP contribution >= 0.6 is 24.0 Å². The fraction of sp³-hybridized carbons (Fsp3) is 0.611. The Morgan fingerprint density at radius 3 is 2.56 bits per heavy atom. The smallest absolute Gasteiger partial charge is 0.191 e. The fourth-order valence-electron chi connectivity index (χ4n) is 2.23. The van der Waals surface area contributed by atoms with Crippen LogP contribution in [0, 0.1) is 0 Å². The molecule has 0 bridgehead atoms. The summed E-state index contributed by atoms with van der Waals surface area (Å²) in [5.74, 6) is 2.20. The van der Waals surface area contributed by atoms with E-state index in [1.165, 1.54) is 6.26 Å². The molecule has 0 aliphatic carbocycles. The lowest BCUT2D eigenvalue weighted by Crippen LogP contribution is -2.42. The van der Waals surface area contributed by atoms with Crippen molar-refractivity contribution in [3.05, 3.63) is 23.8 Å². The van der Waals surface area contributed by atoms with Crippen LogP contribution in [0.2, 0.25) is 0 Å². The molecule has 2 N–H and O–H groups in total. The molecule has 1 aromatic rings. The first kappa shape index (κ1) is 25.8. The van der Waals surface area contributed by atoms with Gasteiger partial charge in [0.15, 0.2) is 17.5 Å². The summed E-state index contributed by atoms with van der Waals surface area (Å²) in [5, 5.41) is 6.42. The number of nitrogens with zero attached hydrogens (tertiary/aromatic N) is 1. The van der Waals surface area contributed by atoms with Crippen LogP contribution in [-0.2, 0) is 16.4 Å². The topological polar surface area (TPSA) is 89.0 Å². The molecule has 0 amide bonds. The molecule has 0 heterocycles. The lowest BCUT2D eigenvalue weighted by Gasteiger charge is -2.18. The zero-order valence-electron chi connectivity index (χ0n) is 16.7. The van der Waals surface area contributed by atoms with Crippen LogP contribution in [-0.4, -0.2) is 53.2 Å². The molecule has 0 fully saturated rings. The monoisotopic (exact) mass is 513 g/mol. The van der Waals surface area contributed by atoms with E-state index in [-0.39, 0.29) is 35.8 Å². The molecule has 0 aliphatic heterocycles. The Morgan fingerprint density at radius 2 is 2.00 bits per heavy atom. The van der Waals surface area contributed by atoms with E-state index < -0.39 is 9.84 Å². The van der Waals surface area contributed by atoms with Crippen LogP contribution in [0.3, 0.4) is 0 Å². The molecule has 0 spiro atoms. The van der Waals surface area contributed by atoms with Crippen LogP contribution in [0.1, 0.15) is 32.3 Å². The molecule has 0 saturated carbocycles. The highest BCUT2D eigenvalue weighted by Crippen LogP contribution is 2.28. The van der Waals surface area contributed by atoms with E-state index in [0.717, 1.165) is 17.7 Å². The average Bonchev–Trinajstić information content (AvgIpc) is 2.61. The first-order chi connectivity index (χ1) is 12.3.